The van der Waals surface area contributed by atoms with Crippen molar-refractivity contribution in [2.24, 2.45) is 0 Å². The third kappa shape index (κ3) is 4.31. The minimum atomic E-state index is -0.926. The topological polar surface area (TPSA) is 76.1 Å². The number of esters is 1. The number of rotatable bonds is 6. The number of hydrogen-bond donors (Lipinski definition) is 0. The van der Waals surface area contributed by atoms with Crippen molar-refractivity contribution in [2.45, 2.75) is 19.4 Å². The van der Waals surface area contributed by atoms with Crippen molar-refractivity contribution in [2.75, 3.05) is 30.0 Å². The number of benzene rings is 2. The van der Waals surface area contributed by atoms with Crippen LogP contribution in [0.3, 0.4) is 0 Å². The molecule has 0 unspecified atom stereocenters. The number of hydrogen-bond acceptors (Lipinski definition) is 5. The van der Waals surface area contributed by atoms with Gasteiger partial charge in [0, 0.05) is 19.3 Å². The molecule has 1 aliphatic rings. The predicted molar refractivity (Wildman–Crippen MR) is 104 cm³/mol. The lowest BCUT2D eigenvalue weighted by Crippen LogP contribution is -2.41. The highest BCUT2D eigenvalue weighted by molar-refractivity contribution is 5.98. The summed E-state index contributed by atoms with van der Waals surface area (Å²) in [5, 5.41) is 0. The lowest BCUT2D eigenvalue weighted by molar-refractivity contribution is -0.153. The number of nitrogens with zero attached hydrogens (tertiary/aromatic N) is 2. The molecule has 0 saturated carbocycles. The molecule has 0 radical (unpaired) electrons. The molecule has 2 amide bonds. The molecular weight excluding hydrogens is 360 g/mol. The molecule has 1 atom stereocenters. The van der Waals surface area contributed by atoms with Crippen LogP contribution in [0, 0.1) is 0 Å². The fourth-order valence-corrected chi connectivity index (χ4v) is 2.96. The SMILES string of the molecule is C[C@@H](OC(=O)CCN1C(=O)COc2ccccc21)C(=O)N(C)c1ccccc1. The van der Waals surface area contributed by atoms with Gasteiger partial charge in [-0.3, -0.25) is 14.4 Å². The number of likely N-dealkylation sites (N-methyl/N-ethyl adjacent to an activating group) is 1. The van der Waals surface area contributed by atoms with E-state index >= 15 is 0 Å². The van der Waals surface area contributed by atoms with Crippen LogP contribution in [0.25, 0.3) is 0 Å². The first-order chi connectivity index (χ1) is 13.5. The van der Waals surface area contributed by atoms with Gasteiger partial charge in [-0.25, -0.2) is 0 Å². The van der Waals surface area contributed by atoms with Gasteiger partial charge in [-0.1, -0.05) is 30.3 Å². The second-order valence-electron chi connectivity index (χ2n) is 6.42. The molecule has 2 aromatic carbocycles. The molecule has 28 heavy (non-hydrogen) atoms. The number of amides is 2. The number of carbonyl (C=O) groups is 3. The summed E-state index contributed by atoms with van der Waals surface area (Å²) in [5.74, 6) is -0.491. The zero-order chi connectivity index (χ0) is 20.1. The molecule has 0 saturated heterocycles. The number of ether oxygens (including phenoxy) is 2. The molecule has 3 rings (SSSR count). The second kappa shape index (κ2) is 8.56. The Morgan fingerprint density at radius 1 is 1.14 bits per heavy atom. The van der Waals surface area contributed by atoms with Crippen LogP contribution >= 0.6 is 0 Å². The van der Waals surface area contributed by atoms with Gasteiger partial charge < -0.3 is 19.3 Å². The molecule has 1 heterocycles. The minimum Gasteiger partial charge on any atom is -0.482 e. The van der Waals surface area contributed by atoms with E-state index in [9.17, 15) is 14.4 Å². The molecular formula is C21H22N2O5. The number of para-hydroxylation sites is 3. The first-order valence-corrected chi connectivity index (χ1v) is 9.01. The molecule has 2 aromatic rings. The summed E-state index contributed by atoms with van der Waals surface area (Å²) in [4.78, 5) is 39.8. The highest BCUT2D eigenvalue weighted by Crippen LogP contribution is 2.31. The summed E-state index contributed by atoms with van der Waals surface area (Å²) in [6.07, 6.45) is -0.947. The van der Waals surface area contributed by atoms with E-state index in [1.165, 1.54) is 16.7 Å². The van der Waals surface area contributed by atoms with E-state index in [1.54, 1.807) is 37.4 Å². The first kappa shape index (κ1) is 19.4. The van der Waals surface area contributed by atoms with E-state index in [2.05, 4.69) is 0 Å². The van der Waals surface area contributed by atoms with E-state index in [4.69, 9.17) is 9.47 Å². The van der Waals surface area contributed by atoms with Crippen LogP contribution in [0.15, 0.2) is 54.6 Å². The van der Waals surface area contributed by atoms with Crippen molar-refractivity contribution in [3.63, 3.8) is 0 Å². The first-order valence-electron chi connectivity index (χ1n) is 9.01. The summed E-state index contributed by atoms with van der Waals surface area (Å²) in [7, 11) is 1.63. The lowest BCUT2D eigenvalue weighted by atomic mass is 10.2. The average molecular weight is 382 g/mol. The van der Waals surface area contributed by atoms with Gasteiger partial charge in [-0.2, -0.15) is 0 Å². The zero-order valence-electron chi connectivity index (χ0n) is 15.8. The van der Waals surface area contributed by atoms with Gasteiger partial charge in [-0.15, -0.1) is 0 Å². The van der Waals surface area contributed by atoms with Crippen LogP contribution in [0.2, 0.25) is 0 Å². The Morgan fingerprint density at radius 3 is 2.57 bits per heavy atom. The van der Waals surface area contributed by atoms with Crippen molar-refractivity contribution in [1.82, 2.24) is 0 Å². The van der Waals surface area contributed by atoms with Crippen molar-refractivity contribution in [3.05, 3.63) is 54.6 Å². The fourth-order valence-electron chi connectivity index (χ4n) is 2.96. The van der Waals surface area contributed by atoms with Crippen LogP contribution < -0.4 is 14.5 Å². The summed E-state index contributed by atoms with van der Waals surface area (Å²) in [5.41, 5.74) is 1.34. The lowest BCUT2D eigenvalue weighted by Gasteiger charge is -2.29. The van der Waals surface area contributed by atoms with Crippen molar-refractivity contribution < 1.29 is 23.9 Å². The van der Waals surface area contributed by atoms with Crippen LogP contribution in [-0.4, -0.2) is 44.1 Å². The molecule has 0 spiro atoms. The molecule has 0 aliphatic carbocycles. The van der Waals surface area contributed by atoms with Crippen molar-refractivity contribution in [1.29, 1.82) is 0 Å². The van der Waals surface area contributed by atoms with Crippen LogP contribution in [0.5, 0.6) is 5.75 Å². The third-order valence-corrected chi connectivity index (χ3v) is 4.48. The Hall–Kier alpha value is -3.35. The maximum Gasteiger partial charge on any atom is 0.308 e. The van der Waals surface area contributed by atoms with Crippen LogP contribution in [-0.2, 0) is 19.1 Å². The molecule has 0 bridgehead atoms. The van der Waals surface area contributed by atoms with E-state index < -0.39 is 12.1 Å². The normalized spacial score (nSPS) is 13.9. The van der Waals surface area contributed by atoms with Crippen LogP contribution in [0.1, 0.15) is 13.3 Å². The monoisotopic (exact) mass is 382 g/mol. The van der Waals surface area contributed by atoms with Gasteiger partial charge in [0.2, 0.25) is 0 Å². The second-order valence-corrected chi connectivity index (χ2v) is 6.42. The Morgan fingerprint density at radius 2 is 1.82 bits per heavy atom. The number of carbonyl (C=O) groups excluding carboxylic acids is 3. The van der Waals surface area contributed by atoms with E-state index in [0.29, 0.717) is 17.1 Å². The molecule has 0 aromatic heterocycles. The number of anilines is 2. The molecule has 7 heteroatoms. The van der Waals surface area contributed by atoms with Gasteiger partial charge in [0.05, 0.1) is 12.1 Å². The molecule has 0 fully saturated rings. The number of fused-ring (bicyclic) bond motifs is 1. The standard InChI is InChI=1S/C21H22N2O5/c1-15(21(26)22(2)16-8-4-3-5-9-16)28-20(25)12-13-23-17-10-6-7-11-18(17)27-14-19(23)24/h3-11,15H,12-14H2,1-2H3/t15-/m1/s1. The third-order valence-electron chi connectivity index (χ3n) is 4.48. The highest BCUT2D eigenvalue weighted by Gasteiger charge is 2.27. The molecule has 7 nitrogen and oxygen atoms in total. The Kier molecular flexibility index (Phi) is 5.93. The fraction of sp³-hybridized carbons (Fsp3) is 0.286. The summed E-state index contributed by atoms with van der Waals surface area (Å²) < 4.78 is 10.6. The van der Waals surface area contributed by atoms with Gasteiger partial charge in [-0.05, 0) is 31.2 Å². The van der Waals surface area contributed by atoms with Gasteiger partial charge in [0.15, 0.2) is 12.7 Å². The smallest absolute Gasteiger partial charge is 0.308 e. The maximum absolute atomic E-state index is 12.5. The Labute approximate surface area is 163 Å². The summed E-state index contributed by atoms with van der Waals surface area (Å²) >= 11 is 0. The maximum atomic E-state index is 12.5. The molecule has 1 aliphatic heterocycles. The van der Waals surface area contributed by atoms with Gasteiger partial charge in [0.25, 0.3) is 11.8 Å². The highest BCUT2D eigenvalue weighted by atomic mass is 16.5. The van der Waals surface area contributed by atoms with E-state index in [0.717, 1.165) is 0 Å². The Bertz CT molecular complexity index is 868. The van der Waals surface area contributed by atoms with Crippen molar-refractivity contribution >= 4 is 29.2 Å². The summed E-state index contributed by atoms with van der Waals surface area (Å²) in [6.45, 7) is 1.63. The minimum absolute atomic E-state index is 0.0211. The zero-order valence-corrected chi connectivity index (χ0v) is 15.8. The van der Waals surface area contributed by atoms with Crippen LogP contribution in [0.4, 0.5) is 11.4 Å². The Balaban J connectivity index is 1.56. The molecule has 146 valence electrons. The average Bonchev–Trinajstić information content (AvgIpc) is 2.72. The predicted octanol–water partition coefficient (Wildman–Crippen LogP) is 2.40. The summed E-state index contributed by atoms with van der Waals surface area (Å²) in [6, 6.07) is 16.3. The van der Waals surface area contributed by atoms with E-state index in [1.807, 2.05) is 24.3 Å². The largest absolute Gasteiger partial charge is 0.482 e. The molecule has 0 N–H and O–H groups in total. The van der Waals surface area contributed by atoms with Gasteiger partial charge >= 0.3 is 5.97 Å². The van der Waals surface area contributed by atoms with E-state index in [-0.39, 0.29) is 31.4 Å². The quantitative estimate of drug-likeness (QED) is 0.717. The van der Waals surface area contributed by atoms with Crippen molar-refractivity contribution in [3.8, 4) is 5.75 Å². The van der Waals surface area contributed by atoms with Gasteiger partial charge in [0.1, 0.15) is 5.75 Å².